The van der Waals surface area contributed by atoms with Crippen LogP contribution in [0.3, 0.4) is 0 Å². The SMILES string of the molecule is Nc1nc2cc(-n3cccn3)ccc2c2nn(CC(O)CO)cc12. The predicted octanol–water partition coefficient (Wildman–Crippen LogP) is 0.706. The molecule has 1 atom stereocenters. The Labute approximate surface area is 136 Å². The predicted molar refractivity (Wildman–Crippen MR) is 89.7 cm³/mol. The van der Waals surface area contributed by atoms with Crippen LogP contribution in [-0.4, -0.2) is 47.5 Å². The Morgan fingerprint density at radius 2 is 2.12 bits per heavy atom. The maximum Gasteiger partial charge on any atom is 0.135 e. The van der Waals surface area contributed by atoms with Gasteiger partial charge in [0.1, 0.15) is 11.3 Å². The van der Waals surface area contributed by atoms with E-state index in [0.29, 0.717) is 5.82 Å². The van der Waals surface area contributed by atoms with Crippen molar-refractivity contribution in [3.8, 4) is 5.69 Å². The van der Waals surface area contributed by atoms with Gasteiger partial charge in [-0.1, -0.05) is 0 Å². The molecule has 0 fully saturated rings. The molecule has 0 aliphatic heterocycles. The summed E-state index contributed by atoms with van der Waals surface area (Å²) in [6.07, 6.45) is 4.43. The molecular weight excluding hydrogens is 308 g/mol. The number of aliphatic hydroxyl groups excluding tert-OH is 2. The van der Waals surface area contributed by atoms with Gasteiger partial charge in [-0.3, -0.25) is 4.68 Å². The van der Waals surface area contributed by atoms with Gasteiger partial charge in [0.25, 0.3) is 0 Å². The number of aliphatic hydroxyl groups is 2. The summed E-state index contributed by atoms with van der Waals surface area (Å²) in [6.45, 7) is -0.130. The van der Waals surface area contributed by atoms with E-state index in [4.69, 9.17) is 10.8 Å². The zero-order chi connectivity index (χ0) is 16.7. The molecule has 0 aliphatic carbocycles. The minimum atomic E-state index is -0.869. The molecule has 4 aromatic rings. The number of fused-ring (bicyclic) bond motifs is 3. The lowest BCUT2D eigenvalue weighted by Gasteiger charge is -2.06. The van der Waals surface area contributed by atoms with E-state index in [-0.39, 0.29) is 13.2 Å². The molecule has 1 unspecified atom stereocenters. The Morgan fingerprint density at radius 1 is 1.25 bits per heavy atom. The van der Waals surface area contributed by atoms with Gasteiger partial charge in [-0.2, -0.15) is 10.2 Å². The maximum absolute atomic E-state index is 9.59. The van der Waals surface area contributed by atoms with Crippen molar-refractivity contribution in [3.05, 3.63) is 42.9 Å². The molecule has 1 aromatic carbocycles. The van der Waals surface area contributed by atoms with Gasteiger partial charge in [-0.15, -0.1) is 0 Å². The molecule has 3 heterocycles. The highest BCUT2D eigenvalue weighted by molar-refractivity contribution is 6.07. The molecule has 122 valence electrons. The summed E-state index contributed by atoms with van der Waals surface area (Å²) >= 11 is 0. The van der Waals surface area contributed by atoms with E-state index in [1.54, 1.807) is 21.8 Å². The van der Waals surface area contributed by atoms with E-state index >= 15 is 0 Å². The van der Waals surface area contributed by atoms with E-state index < -0.39 is 6.10 Å². The third-order valence-electron chi connectivity index (χ3n) is 3.89. The zero-order valence-corrected chi connectivity index (χ0v) is 12.7. The van der Waals surface area contributed by atoms with Crippen molar-refractivity contribution in [2.45, 2.75) is 12.6 Å². The molecule has 0 saturated carbocycles. The van der Waals surface area contributed by atoms with Gasteiger partial charge in [-0.05, 0) is 24.3 Å². The number of rotatable bonds is 4. The van der Waals surface area contributed by atoms with Crippen molar-refractivity contribution < 1.29 is 10.2 Å². The average molecular weight is 324 g/mol. The first kappa shape index (κ1) is 14.6. The zero-order valence-electron chi connectivity index (χ0n) is 12.7. The molecule has 4 rings (SSSR count). The fourth-order valence-corrected chi connectivity index (χ4v) is 2.74. The van der Waals surface area contributed by atoms with E-state index in [1.807, 2.05) is 30.5 Å². The van der Waals surface area contributed by atoms with Crippen LogP contribution >= 0.6 is 0 Å². The summed E-state index contributed by atoms with van der Waals surface area (Å²) in [5.41, 5.74) is 8.39. The quantitative estimate of drug-likeness (QED) is 0.509. The summed E-state index contributed by atoms with van der Waals surface area (Å²) < 4.78 is 3.32. The van der Waals surface area contributed by atoms with Gasteiger partial charge in [0.2, 0.25) is 0 Å². The van der Waals surface area contributed by atoms with Crippen LogP contribution in [0, 0.1) is 0 Å². The largest absolute Gasteiger partial charge is 0.394 e. The molecule has 0 bridgehead atoms. The second kappa shape index (κ2) is 5.59. The number of hydrogen-bond acceptors (Lipinski definition) is 6. The topological polar surface area (TPSA) is 115 Å². The monoisotopic (exact) mass is 324 g/mol. The summed E-state index contributed by atoms with van der Waals surface area (Å²) in [7, 11) is 0. The Balaban J connectivity index is 1.87. The standard InChI is InChI=1S/C16H16N6O2/c17-16-13-8-21(7-11(24)9-23)20-15(13)12-3-2-10(6-14(12)19-16)22-5-1-4-18-22/h1-6,8,11,23-24H,7,9H2,(H2,17,19). The van der Waals surface area contributed by atoms with Crippen LogP contribution in [0.2, 0.25) is 0 Å². The molecule has 0 spiro atoms. The molecule has 8 heteroatoms. The van der Waals surface area contributed by atoms with Crippen molar-refractivity contribution in [1.82, 2.24) is 24.5 Å². The maximum atomic E-state index is 9.59. The van der Waals surface area contributed by atoms with Gasteiger partial charge in [0, 0.05) is 24.0 Å². The van der Waals surface area contributed by atoms with Crippen molar-refractivity contribution in [3.63, 3.8) is 0 Å². The molecule has 24 heavy (non-hydrogen) atoms. The first-order valence-corrected chi connectivity index (χ1v) is 7.51. The van der Waals surface area contributed by atoms with Crippen molar-refractivity contribution in [1.29, 1.82) is 0 Å². The first-order chi connectivity index (χ1) is 11.7. The van der Waals surface area contributed by atoms with E-state index in [0.717, 1.165) is 27.5 Å². The Morgan fingerprint density at radius 3 is 2.88 bits per heavy atom. The molecule has 4 N–H and O–H groups in total. The van der Waals surface area contributed by atoms with E-state index in [2.05, 4.69) is 15.2 Å². The van der Waals surface area contributed by atoms with Crippen LogP contribution in [0.4, 0.5) is 5.82 Å². The lowest BCUT2D eigenvalue weighted by molar-refractivity contribution is 0.0784. The van der Waals surface area contributed by atoms with Crippen LogP contribution in [0.5, 0.6) is 0 Å². The second-order valence-electron chi connectivity index (χ2n) is 5.60. The minimum Gasteiger partial charge on any atom is -0.394 e. The number of aromatic nitrogens is 5. The first-order valence-electron chi connectivity index (χ1n) is 7.51. The lowest BCUT2D eigenvalue weighted by Crippen LogP contribution is -2.19. The van der Waals surface area contributed by atoms with Crippen molar-refractivity contribution in [2.75, 3.05) is 12.3 Å². The fraction of sp³-hybridized carbons (Fsp3) is 0.188. The normalized spacial score (nSPS) is 12.9. The fourth-order valence-electron chi connectivity index (χ4n) is 2.74. The van der Waals surface area contributed by atoms with Gasteiger partial charge in [0.05, 0.1) is 35.8 Å². The van der Waals surface area contributed by atoms with Crippen LogP contribution in [0.25, 0.3) is 27.5 Å². The molecule has 0 saturated heterocycles. The number of anilines is 1. The lowest BCUT2D eigenvalue weighted by atomic mass is 10.1. The molecular formula is C16H16N6O2. The Bertz CT molecular complexity index is 1010. The van der Waals surface area contributed by atoms with Gasteiger partial charge in [-0.25, -0.2) is 9.67 Å². The summed E-state index contributed by atoms with van der Waals surface area (Å²) in [5, 5.41) is 28.9. The number of hydrogen-bond donors (Lipinski definition) is 3. The second-order valence-corrected chi connectivity index (χ2v) is 5.60. The Kier molecular flexibility index (Phi) is 3.40. The third-order valence-corrected chi connectivity index (χ3v) is 3.89. The summed E-state index contributed by atoms with van der Waals surface area (Å²) in [4.78, 5) is 4.46. The van der Waals surface area contributed by atoms with E-state index in [9.17, 15) is 5.11 Å². The highest BCUT2D eigenvalue weighted by Crippen LogP contribution is 2.28. The molecule has 0 aliphatic rings. The molecule has 0 amide bonds. The molecule has 3 aromatic heterocycles. The van der Waals surface area contributed by atoms with Crippen LogP contribution < -0.4 is 5.73 Å². The number of pyridine rings is 1. The number of nitrogens with zero attached hydrogens (tertiary/aromatic N) is 5. The third kappa shape index (κ3) is 2.38. The summed E-state index contributed by atoms with van der Waals surface area (Å²) in [5.74, 6) is 0.375. The van der Waals surface area contributed by atoms with Gasteiger partial charge in [0.15, 0.2) is 0 Å². The smallest absolute Gasteiger partial charge is 0.135 e. The summed E-state index contributed by atoms with van der Waals surface area (Å²) in [6, 6.07) is 7.62. The molecule has 0 radical (unpaired) electrons. The number of benzene rings is 1. The van der Waals surface area contributed by atoms with Gasteiger partial charge >= 0.3 is 0 Å². The molecule has 8 nitrogen and oxygen atoms in total. The van der Waals surface area contributed by atoms with E-state index in [1.165, 1.54) is 0 Å². The highest BCUT2D eigenvalue weighted by atomic mass is 16.3. The Hall–Kier alpha value is -2.97. The minimum absolute atomic E-state index is 0.192. The highest BCUT2D eigenvalue weighted by Gasteiger charge is 2.13. The van der Waals surface area contributed by atoms with Crippen LogP contribution in [-0.2, 0) is 6.54 Å². The van der Waals surface area contributed by atoms with Crippen LogP contribution in [0.15, 0.2) is 42.9 Å². The van der Waals surface area contributed by atoms with Crippen molar-refractivity contribution in [2.24, 2.45) is 0 Å². The van der Waals surface area contributed by atoms with Crippen LogP contribution in [0.1, 0.15) is 0 Å². The average Bonchev–Trinajstić information content (AvgIpc) is 3.24. The number of nitrogens with two attached hydrogens (primary N) is 1. The van der Waals surface area contributed by atoms with Gasteiger partial charge < -0.3 is 15.9 Å². The number of nitrogen functional groups attached to an aromatic ring is 1. The van der Waals surface area contributed by atoms with Crippen molar-refractivity contribution >= 4 is 27.6 Å².